The molecule has 0 amide bonds. The summed E-state index contributed by atoms with van der Waals surface area (Å²) in [5.74, 6) is -0.161. The molecular weight excluding hydrogens is 390 g/mol. The van der Waals surface area contributed by atoms with E-state index in [1.165, 1.54) is 11.4 Å². The highest BCUT2D eigenvalue weighted by atomic mass is 16.5. The van der Waals surface area contributed by atoms with Crippen LogP contribution in [-0.2, 0) is 22.4 Å². The van der Waals surface area contributed by atoms with Crippen LogP contribution in [0.5, 0.6) is 0 Å². The molecule has 0 bridgehead atoms. The lowest BCUT2D eigenvalue weighted by Gasteiger charge is -2.24. The molecule has 0 aliphatic carbocycles. The number of rotatable bonds is 9. The van der Waals surface area contributed by atoms with Crippen molar-refractivity contribution in [3.05, 3.63) is 59.4 Å². The third-order valence-corrected chi connectivity index (χ3v) is 6.29. The summed E-state index contributed by atoms with van der Waals surface area (Å²) >= 11 is 0. The second-order valence-electron chi connectivity index (χ2n) is 8.87. The Bertz CT molecular complexity index is 874. The molecule has 1 saturated heterocycles. The first-order chi connectivity index (χ1) is 15.1. The van der Waals surface area contributed by atoms with Crippen molar-refractivity contribution in [2.45, 2.75) is 51.2 Å². The van der Waals surface area contributed by atoms with Gasteiger partial charge in [0.25, 0.3) is 0 Å². The number of aromatic nitrogens is 1. The molecule has 4 rings (SSSR count). The van der Waals surface area contributed by atoms with Gasteiger partial charge in [-0.15, -0.1) is 0 Å². The number of ether oxygens (including phenoxy) is 1. The summed E-state index contributed by atoms with van der Waals surface area (Å²) < 4.78 is 6.08. The number of likely N-dealkylation sites (tertiary alicyclic amines) is 1. The fraction of sp³-hybridized carbons (Fsp3) is 0.520. The number of carboxylic acid groups (broad SMARTS) is 1. The zero-order chi connectivity index (χ0) is 21.6. The minimum atomic E-state index is -0.797. The first kappa shape index (κ1) is 21.8. The number of hydrogen-bond donors (Lipinski definition) is 2. The second kappa shape index (κ2) is 10.2. The maximum Gasteiger partial charge on any atom is 0.325 e. The molecule has 2 aliphatic rings. The number of aryl methyl sites for hydroxylation is 1. The molecule has 3 atom stereocenters. The standard InChI is InChI=1S/C25H33N3O3/c1-18-15-23-22(26-16-18)11-10-20(27-23)9-5-6-14-31-21-12-13-28(17-21)24(25(29)30)19-7-3-2-4-8-19/h2-4,7-8,10-11,18,21,24,26H,5-6,9,12-17H2,1H3,(H,29,30)/t18?,21-,24?/m1/s1. The van der Waals surface area contributed by atoms with E-state index in [-0.39, 0.29) is 6.10 Å². The van der Waals surface area contributed by atoms with E-state index >= 15 is 0 Å². The van der Waals surface area contributed by atoms with Crippen molar-refractivity contribution < 1.29 is 14.6 Å². The molecule has 0 saturated carbocycles. The Kier molecular flexibility index (Phi) is 7.20. The normalized spacial score (nSPS) is 22.0. The Labute approximate surface area is 184 Å². The predicted molar refractivity (Wildman–Crippen MR) is 121 cm³/mol. The zero-order valence-electron chi connectivity index (χ0n) is 18.3. The largest absolute Gasteiger partial charge is 0.480 e. The molecule has 1 aromatic carbocycles. The molecule has 166 valence electrons. The van der Waals surface area contributed by atoms with E-state index in [1.54, 1.807) is 0 Å². The molecule has 31 heavy (non-hydrogen) atoms. The van der Waals surface area contributed by atoms with Crippen molar-refractivity contribution in [3.8, 4) is 0 Å². The van der Waals surface area contributed by atoms with Crippen molar-refractivity contribution in [2.75, 3.05) is 31.6 Å². The summed E-state index contributed by atoms with van der Waals surface area (Å²) in [5, 5.41) is 13.2. The number of hydrogen-bond acceptors (Lipinski definition) is 5. The highest BCUT2D eigenvalue weighted by Gasteiger charge is 2.33. The molecule has 2 unspecified atom stereocenters. The Morgan fingerprint density at radius 2 is 2.10 bits per heavy atom. The predicted octanol–water partition coefficient (Wildman–Crippen LogP) is 3.93. The Balaban J connectivity index is 1.19. The summed E-state index contributed by atoms with van der Waals surface area (Å²) in [4.78, 5) is 18.7. The highest BCUT2D eigenvalue weighted by molar-refractivity contribution is 5.75. The van der Waals surface area contributed by atoms with Gasteiger partial charge < -0.3 is 15.2 Å². The fourth-order valence-electron chi connectivity index (χ4n) is 4.62. The van der Waals surface area contributed by atoms with Gasteiger partial charge in [-0.2, -0.15) is 0 Å². The molecule has 6 heteroatoms. The van der Waals surface area contributed by atoms with Crippen molar-refractivity contribution in [3.63, 3.8) is 0 Å². The zero-order valence-corrected chi connectivity index (χ0v) is 18.3. The molecule has 2 aliphatic heterocycles. The van der Waals surface area contributed by atoms with Gasteiger partial charge in [0.15, 0.2) is 0 Å². The average Bonchev–Trinajstić information content (AvgIpc) is 3.22. The Morgan fingerprint density at radius 3 is 2.90 bits per heavy atom. The number of benzene rings is 1. The second-order valence-corrected chi connectivity index (χ2v) is 8.87. The minimum absolute atomic E-state index is 0.111. The van der Waals surface area contributed by atoms with Crippen LogP contribution in [0.1, 0.15) is 49.2 Å². The van der Waals surface area contributed by atoms with Crippen LogP contribution in [0.3, 0.4) is 0 Å². The third kappa shape index (κ3) is 5.63. The van der Waals surface area contributed by atoms with Gasteiger partial charge in [0, 0.05) is 31.9 Å². The van der Waals surface area contributed by atoms with E-state index in [9.17, 15) is 9.90 Å². The Morgan fingerprint density at radius 1 is 1.26 bits per heavy atom. The molecule has 0 spiro atoms. The van der Waals surface area contributed by atoms with Gasteiger partial charge >= 0.3 is 5.97 Å². The molecule has 1 fully saturated rings. The van der Waals surface area contributed by atoms with E-state index in [0.29, 0.717) is 19.1 Å². The lowest BCUT2D eigenvalue weighted by atomic mass is 9.99. The van der Waals surface area contributed by atoms with Crippen LogP contribution < -0.4 is 5.32 Å². The third-order valence-electron chi connectivity index (χ3n) is 6.29. The SMILES string of the molecule is CC1CNc2ccc(CCCCO[C@@H]3CCN(C(C(=O)O)c4ccccc4)C3)nc2C1. The maximum atomic E-state index is 11.8. The van der Waals surface area contributed by atoms with Crippen LogP contribution in [-0.4, -0.2) is 53.3 Å². The van der Waals surface area contributed by atoms with Gasteiger partial charge in [-0.05, 0) is 55.7 Å². The van der Waals surface area contributed by atoms with Crippen molar-refractivity contribution in [2.24, 2.45) is 5.92 Å². The van der Waals surface area contributed by atoms with Crippen LogP contribution in [0, 0.1) is 5.92 Å². The number of unbranched alkanes of at least 4 members (excludes halogenated alkanes) is 1. The number of pyridine rings is 1. The number of carboxylic acids is 1. The maximum absolute atomic E-state index is 11.8. The van der Waals surface area contributed by atoms with Gasteiger partial charge in [-0.3, -0.25) is 14.7 Å². The van der Waals surface area contributed by atoms with Crippen LogP contribution in [0.25, 0.3) is 0 Å². The Hall–Kier alpha value is -2.44. The van der Waals surface area contributed by atoms with Gasteiger partial charge in [0.05, 0.1) is 17.5 Å². The summed E-state index contributed by atoms with van der Waals surface area (Å²) in [6.45, 7) is 5.42. The van der Waals surface area contributed by atoms with E-state index in [1.807, 2.05) is 35.2 Å². The van der Waals surface area contributed by atoms with E-state index < -0.39 is 12.0 Å². The number of carbonyl (C=O) groups is 1. The molecule has 3 heterocycles. The van der Waals surface area contributed by atoms with Crippen LogP contribution in [0.15, 0.2) is 42.5 Å². The summed E-state index contributed by atoms with van der Waals surface area (Å²) in [7, 11) is 0. The van der Waals surface area contributed by atoms with E-state index in [2.05, 4.69) is 24.4 Å². The number of nitrogens with zero attached hydrogens (tertiary/aromatic N) is 2. The molecule has 6 nitrogen and oxygen atoms in total. The van der Waals surface area contributed by atoms with Gasteiger partial charge in [0.1, 0.15) is 6.04 Å². The lowest BCUT2D eigenvalue weighted by molar-refractivity contribution is -0.143. The topological polar surface area (TPSA) is 74.7 Å². The first-order valence-electron chi connectivity index (χ1n) is 11.5. The van der Waals surface area contributed by atoms with Crippen molar-refractivity contribution in [1.82, 2.24) is 9.88 Å². The van der Waals surface area contributed by atoms with E-state index in [0.717, 1.165) is 56.5 Å². The molecule has 1 aromatic heterocycles. The molecular formula is C25H33N3O3. The van der Waals surface area contributed by atoms with Crippen LogP contribution in [0.2, 0.25) is 0 Å². The smallest absolute Gasteiger partial charge is 0.325 e. The highest BCUT2D eigenvalue weighted by Crippen LogP contribution is 2.27. The molecule has 2 aromatic rings. The number of anilines is 1. The minimum Gasteiger partial charge on any atom is -0.480 e. The summed E-state index contributed by atoms with van der Waals surface area (Å²) in [6, 6.07) is 13.2. The van der Waals surface area contributed by atoms with Crippen LogP contribution >= 0.6 is 0 Å². The molecule has 2 N–H and O–H groups in total. The van der Waals surface area contributed by atoms with Gasteiger partial charge in [-0.25, -0.2) is 0 Å². The molecule has 0 radical (unpaired) electrons. The van der Waals surface area contributed by atoms with Crippen molar-refractivity contribution >= 4 is 11.7 Å². The fourth-order valence-corrected chi connectivity index (χ4v) is 4.62. The number of fused-ring (bicyclic) bond motifs is 1. The van der Waals surface area contributed by atoms with Crippen LogP contribution in [0.4, 0.5) is 5.69 Å². The van der Waals surface area contributed by atoms with Gasteiger partial charge in [0.2, 0.25) is 0 Å². The quantitative estimate of drug-likeness (QED) is 0.596. The monoisotopic (exact) mass is 423 g/mol. The summed E-state index contributed by atoms with van der Waals surface area (Å²) in [6.07, 6.45) is 5.06. The van der Waals surface area contributed by atoms with Gasteiger partial charge in [-0.1, -0.05) is 37.3 Å². The summed E-state index contributed by atoms with van der Waals surface area (Å²) in [5.41, 5.74) is 4.38. The number of nitrogens with one attached hydrogen (secondary N) is 1. The lowest BCUT2D eigenvalue weighted by Crippen LogP contribution is -2.33. The first-order valence-corrected chi connectivity index (χ1v) is 11.5. The van der Waals surface area contributed by atoms with Crippen molar-refractivity contribution in [1.29, 1.82) is 0 Å². The number of aliphatic carboxylic acids is 1. The average molecular weight is 424 g/mol. The van der Waals surface area contributed by atoms with E-state index in [4.69, 9.17) is 9.72 Å².